The Balaban J connectivity index is 2.33. The van der Waals surface area contributed by atoms with E-state index in [0.717, 1.165) is 0 Å². The van der Waals surface area contributed by atoms with Gasteiger partial charge in [-0.1, -0.05) is 18.2 Å². The topological polar surface area (TPSA) is 47.3 Å². The summed E-state index contributed by atoms with van der Waals surface area (Å²) in [5, 5.41) is 0. The van der Waals surface area contributed by atoms with Gasteiger partial charge in [0.15, 0.2) is 0 Å². The number of ether oxygens (including phenoxy) is 1. The van der Waals surface area contributed by atoms with Gasteiger partial charge in [0.25, 0.3) is 0 Å². The van der Waals surface area contributed by atoms with Crippen LogP contribution in [-0.2, 0) is 0 Å². The first-order chi connectivity index (χ1) is 10.0. The van der Waals surface area contributed by atoms with Crippen molar-refractivity contribution >= 4 is 0 Å². The highest BCUT2D eigenvalue weighted by Crippen LogP contribution is 2.27. The highest BCUT2D eigenvalue weighted by molar-refractivity contribution is 5.36. The number of nitrogens with two attached hydrogens (primary N) is 1. The SMILES string of the molecule is CC(C)Oc1ccc(C(NN)c2c(F)cccc2F)cc1. The molecule has 3 nitrogen and oxygen atoms in total. The van der Waals surface area contributed by atoms with E-state index in [-0.39, 0.29) is 11.7 Å². The molecular formula is C16H18F2N2O. The van der Waals surface area contributed by atoms with Crippen molar-refractivity contribution in [3.63, 3.8) is 0 Å². The Morgan fingerprint density at radius 2 is 1.57 bits per heavy atom. The lowest BCUT2D eigenvalue weighted by atomic mass is 9.98. The normalized spacial score (nSPS) is 12.5. The number of halogens is 2. The van der Waals surface area contributed by atoms with Crippen LogP contribution in [0.2, 0.25) is 0 Å². The predicted octanol–water partition coefficient (Wildman–Crippen LogP) is 3.30. The molecule has 0 saturated carbocycles. The number of benzene rings is 2. The maximum atomic E-state index is 13.9. The first-order valence-corrected chi connectivity index (χ1v) is 6.69. The predicted molar refractivity (Wildman–Crippen MR) is 77.7 cm³/mol. The van der Waals surface area contributed by atoms with Crippen LogP contribution in [0.4, 0.5) is 8.78 Å². The highest BCUT2D eigenvalue weighted by Gasteiger charge is 2.20. The van der Waals surface area contributed by atoms with Crippen molar-refractivity contribution in [3.8, 4) is 5.75 Å². The minimum atomic E-state index is -0.765. The second kappa shape index (κ2) is 6.65. The van der Waals surface area contributed by atoms with Crippen LogP contribution in [0.5, 0.6) is 5.75 Å². The molecular weight excluding hydrogens is 274 g/mol. The summed E-state index contributed by atoms with van der Waals surface area (Å²) in [5.41, 5.74) is 3.01. The van der Waals surface area contributed by atoms with E-state index in [9.17, 15) is 8.78 Å². The average molecular weight is 292 g/mol. The third-order valence-electron chi connectivity index (χ3n) is 3.04. The Bertz CT molecular complexity index is 579. The molecule has 0 bridgehead atoms. The molecule has 0 radical (unpaired) electrons. The van der Waals surface area contributed by atoms with Gasteiger partial charge in [-0.3, -0.25) is 5.84 Å². The number of hydrogen-bond acceptors (Lipinski definition) is 3. The van der Waals surface area contributed by atoms with Gasteiger partial charge in [0, 0.05) is 5.56 Å². The number of hydrogen-bond donors (Lipinski definition) is 2. The molecule has 0 aromatic heterocycles. The third-order valence-corrected chi connectivity index (χ3v) is 3.04. The van der Waals surface area contributed by atoms with Crippen molar-refractivity contribution in [1.29, 1.82) is 0 Å². The van der Waals surface area contributed by atoms with Crippen LogP contribution in [0, 0.1) is 11.6 Å². The lowest BCUT2D eigenvalue weighted by Crippen LogP contribution is -2.30. The van der Waals surface area contributed by atoms with Gasteiger partial charge < -0.3 is 4.74 Å². The molecule has 0 aliphatic heterocycles. The Morgan fingerprint density at radius 1 is 1.00 bits per heavy atom. The van der Waals surface area contributed by atoms with Gasteiger partial charge in [-0.2, -0.15) is 0 Å². The van der Waals surface area contributed by atoms with E-state index in [1.54, 1.807) is 24.3 Å². The van der Waals surface area contributed by atoms with Crippen LogP contribution in [0.1, 0.15) is 31.0 Å². The molecule has 2 rings (SSSR count). The Morgan fingerprint density at radius 3 is 2.05 bits per heavy atom. The summed E-state index contributed by atoms with van der Waals surface area (Å²) < 4.78 is 33.3. The first kappa shape index (κ1) is 15.4. The van der Waals surface area contributed by atoms with Crippen molar-refractivity contribution in [3.05, 3.63) is 65.2 Å². The standard InChI is InChI=1S/C16H18F2N2O/c1-10(2)21-12-8-6-11(7-9-12)16(20-19)15-13(17)4-3-5-14(15)18/h3-10,16,20H,19H2,1-2H3. The van der Waals surface area contributed by atoms with Gasteiger partial charge in [-0.15, -0.1) is 0 Å². The number of rotatable bonds is 5. The minimum Gasteiger partial charge on any atom is -0.491 e. The molecule has 1 unspecified atom stereocenters. The first-order valence-electron chi connectivity index (χ1n) is 6.69. The van der Waals surface area contributed by atoms with E-state index in [1.807, 2.05) is 13.8 Å². The third kappa shape index (κ3) is 3.56. The quantitative estimate of drug-likeness (QED) is 0.656. The molecule has 2 aromatic rings. The second-order valence-electron chi connectivity index (χ2n) is 4.97. The van der Waals surface area contributed by atoms with Crippen molar-refractivity contribution in [2.24, 2.45) is 5.84 Å². The van der Waals surface area contributed by atoms with E-state index in [2.05, 4.69) is 5.43 Å². The van der Waals surface area contributed by atoms with Crippen LogP contribution in [0.3, 0.4) is 0 Å². The Hall–Kier alpha value is -1.98. The summed E-state index contributed by atoms with van der Waals surface area (Å²) in [5.74, 6) is 4.89. The van der Waals surface area contributed by atoms with Crippen LogP contribution < -0.4 is 16.0 Å². The summed E-state index contributed by atoms with van der Waals surface area (Å²) in [7, 11) is 0. The molecule has 21 heavy (non-hydrogen) atoms. The molecule has 2 aromatic carbocycles. The van der Waals surface area contributed by atoms with Gasteiger partial charge >= 0.3 is 0 Å². The molecule has 0 aliphatic carbocycles. The van der Waals surface area contributed by atoms with Crippen LogP contribution in [-0.4, -0.2) is 6.10 Å². The summed E-state index contributed by atoms with van der Waals surface area (Å²) >= 11 is 0. The van der Waals surface area contributed by atoms with Crippen LogP contribution in [0.25, 0.3) is 0 Å². The zero-order valence-corrected chi connectivity index (χ0v) is 11.9. The molecule has 0 amide bonds. The fraction of sp³-hybridized carbons (Fsp3) is 0.250. The lowest BCUT2D eigenvalue weighted by Gasteiger charge is -2.19. The zero-order valence-electron chi connectivity index (χ0n) is 11.9. The average Bonchev–Trinajstić information content (AvgIpc) is 2.44. The van der Waals surface area contributed by atoms with E-state index in [1.165, 1.54) is 18.2 Å². The molecule has 5 heteroatoms. The fourth-order valence-corrected chi connectivity index (χ4v) is 2.14. The number of nitrogens with one attached hydrogen (secondary N) is 1. The molecule has 0 aliphatic rings. The summed E-state index contributed by atoms with van der Waals surface area (Å²) in [6, 6.07) is 9.93. The molecule has 112 valence electrons. The zero-order chi connectivity index (χ0) is 15.4. The Labute approximate surface area is 122 Å². The summed E-state index contributed by atoms with van der Waals surface area (Å²) in [6.07, 6.45) is 0.0586. The van der Waals surface area contributed by atoms with Gasteiger partial charge in [-0.05, 0) is 43.7 Å². The van der Waals surface area contributed by atoms with Crippen LogP contribution >= 0.6 is 0 Å². The molecule has 0 saturated heterocycles. The van der Waals surface area contributed by atoms with Crippen molar-refractivity contribution in [2.45, 2.75) is 26.0 Å². The van der Waals surface area contributed by atoms with E-state index in [4.69, 9.17) is 10.6 Å². The second-order valence-corrected chi connectivity index (χ2v) is 4.97. The Kier molecular flexibility index (Phi) is 4.88. The maximum absolute atomic E-state index is 13.9. The lowest BCUT2D eigenvalue weighted by molar-refractivity contribution is 0.242. The van der Waals surface area contributed by atoms with Crippen molar-refractivity contribution < 1.29 is 13.5 Å². The van der Waals surface area contributed by atoms with Gasteiger partial charge in [0.1, 0.15) is 17.4 Å². The minimum absolute atomic E-state index is 0.0586. The molecule has 0 fully saturated rings. The maximum Gasteiger partial charge on any atom is 0.131 e. The monoisotopic (exact) mass is 292 g/mol. The molecule has 0 spiro atoms. The van der Waals surface area contributed by atoms with Crippen molar-refractivity contribution in [1.82, 2.24) is 5.43 Å². The van der Waals surface area contributed by atoms with Crippen molar-refractivity contribution in [2.75, 3.05) is 0 Å². The van der Waals surface area contributed by atoms with E-state index >= 15 is 0 Å². The molecule has 1 atom stereocenters. The van der Waals surface area contributed by atoms with Crippen LogP contribution in [0.15, 0.2) is 42.5 Å². The van der Waals surface area contributed by atoms with Gasteiger partial charge in [-0.25, -0.2) is 14.2 Å². The summed E-state index contributed by atoms with van der Waals surface area (Å²) in [4.78, 5) is 0. The molecule has 0 heterocycles. The van der Waals surface area contributed by atoms with E-state index in [0.29, 0.717) is 11.3 Å². The fourth-order valence-electron chi connectivity index (χ4n) is 2.14. The van der Waals surface area contributed by atoms with Gasteiger partial charge in [0.2, 0.25) is 0 Å². The van der Waals surface area contributed by atoms with Gasteiger partial charge in [0.05, 0.1) is 12.1 Å². The number of hydrazine groups is 1. The smallest absolute Gasteiger partial charge is 0.131 e. The largest absolute Gasteiger partial charge is 0.491 e. The molecule has 3 N–H and O–H groups in total. The highest BCUT2D eigenvalue weighted by atomic mass is 19.1. The van der Waals surface area contributed by atoms with E-state index < -0.39 is 17.7 Å². The summed E-state index contributed by atoms with van der Waals surface area (Å²) in [6.45, 7) is 3.85.